The Labute approximate surface area is 96.2 Å². The molecule has 0 bridgehead atoms. The van der Waals surface area contributed by atoms with Gasteiger partial charge in [-0.05, 0) is 25.5 Å². The Hall–Kier alpha value is -1.19. The summed E-state index contributed by atoms with van der Waals surface area (Å²) < 4.78 is 0. The summed E-state index contributed by atoms with van der Waals surface area (Å²) in [7, 11) is 0. The zero-order valence-corrected chi connectivity index (χ0v) is 9.52. The molecule has 16 heavy (non-hydrogen) atoms. The van der Waals surface area contributed by atoms with E-state index < -0.39 is 0 Å². The molecular formula is C13H18N2O. The standard InChI is InChI=1S/C13H18N2O/c1-10(11-5-3-2-4-6-11)15-12-7-8-14-13(12)9-16/h2-6,9-10,12-15H,7-8H2,1H3. The third-order valence-corrected chi connectivity index (χ3v) is 3.18. The molecular weight excluding hydrogens is 200 g/mol. The van der Waals surface area contributed by atoms with Crippen molar-refractivity contribution >= 4 is 6.29 Å². The van der Waals surface area contributed by atoms with E-state index in [0.29, 0.717) is 0 Å². The number of hydrogen-bond acceptors (Lipinski definition) is 3. The van der Waals surface area contributed by atoms with Crippen molar-refractivity contribution in [1.29, 1.82) is 0 Å². The van der Waals surface area contributed by atoms with Gasteiger partial charge in [0.05, 0.1) is 6.04 Å². The molecule has 0 radical (unpaired) electrons. The van der Waals surface area contributed by atoms with Crippen LogP contribution in [0, 0.1) is 0 Å². The molecule has 3 atom stereocenters. The van der Waals surface area contributed by atoms with E-state index in [1.54, 1.807) is 0 Å². The van der Waals surface area contributed by atoms with E-state index in [-0.39, 0.29) is 18.1 Å². The fraction of sp³-hybridized carbons (Fsp3) is 0.462. The van der Waals surface area contributed by atoms with Gasteiger partial charge in [-0.2, -0.15) is 0 Å². The van der Waals surface area contributed by atoms with Crippen molar-refractivity contribution in [2.24, 2.45) is 0 Å². The zero-order valence-electron chi connectivity index (χ0n) is 9.52. The molecule has 0 amide bonds. The van der Waals surface area contributed by atoms with Crippen LogP contribution in [0.1, 0.15) is 24.9 Å². The van der Waals surface area contributed by atoms with Crippen molar-refractivity contribution in [2.45, 2.75) is 31.5 Å². The van der Waals surface area contributed by atoms with E-state index in [4.69, 9.17) is 0 Å². The van der Waals surface area contributed by atoms with Gasteiger partial charge >= 0.3 is 0 Å². The topological polar surface area (TPSA) is 41.1 Å². The summed E-state index contributed by atoms with van der Waals surface area (Å²) in [5.74, 6) is 0. The molecule has 1 heterocycles. The van der Waals surface area contributed by atoms with Gasteiger partial charge in [0.2, 0.25) is 0 Å². The number of carbonyl (C=O) groups excluding carboxylic acids is 1. The van der Waals surface area contributed by atoms with Crippen molar-refractivity contribution in [3.05, 3.63) is 35.9 Å². The first-order valence-corrected chi connectivity index (χ1v) is 5.81. The summed E-state index contributed by atoms with van der Waals surface area (Å²) in [6.07, 6.45) is 2.02. The van der Waals surface area contributed by atoms with Gasteiger partial charge in [0, 0.05) is 12.1 Å². The summed E-state index contributed by atoms with van der Waals surface area (Å²) in [5, 5.41) is 6.68. The molecule has 3 heteroatoms. The summed E-state index contributed by atoms with van der Waals surface area (Å²) in [6, 6.07) is 10.8. The van der Waals surface area contributed by atoms with Gasteiger partial charge in [-0.15, -0.1) is 0 Å². The first-order valence-electron chi connectivity index (χ1n) is 5.81. The van der Waals surface area contributed by atoms with Crippen molar-refractivity contribution in [3.63, 3.8) is 0 Å². The van der Waals surface area contributed by atoms with Gasteiger partial charge in [0.25, 0.3) is 0 Å². The molecule has 1 aromatic carbocycles. The van der Waals surface area contributed by atoms with Crippen molar-refractivity contribution in [3.8, 4) is 0 Å². The summed E-state index contributed by atoms with van der Waals surface area (Å²) in [6.45, 7) is 3.05. The first-order chi connectivity index (χ1) is 7.81. The average Bonchev–Trinajstić information content (AvgIpc) is 2.77. The van der Waals surface area contributed by atoms with E-state index in [1.165, 1.54) is 5.56 Å². The van der Waals surface area contributed by atoms with E-state index in [1.807, 2.05) is 18.2 Å². The lowest BCUT2D eigenvalue weighted by Crippen LogP contribution is -2.42. The lowest BCUT2D eigenvalue weighted by molar-refractivity contribution is -0.109. The second-order valence-electron chi connectivity index (χ2n) is 4.31. The summed E-state index contributed by atoms with van der Waals surface area (Å²) >= 11 is 0. The van der Waals surface area contributed by atoms with Crippen LogP contribution in [0.5, 0.6) is 0 Å². The third kappa shape index (κ3) is 2.49. The molecule has 1 aromatic rings. The number of aldehydes is 1. The third-order valence-electron chi connectivity index (χ3n) is 3.18. The van der Waals surface area contributed by atoms with Crippen molar-refractivity contribution in [2.75, 3.05) is 6.54 Å². The summed E-state index contributed by atoms with van der Waals surface area (Å²) in [4.78, 5) is 10.8. The van der Waals surface area contributed by atoms with Crippen LogP contribution >= 0.6 is 0 Å². The quantitative estimate of drug-likeness (QED) is 0.748. The Morgan fingerprint density at radius 1 is 1.44 bits per heavy atom. The predicted octanol–water partition coefficient (Wildman–Crippen LogP) is 1.27. The Balaban J connectivity index is 1.97. The van der Waals surface area contributed by atoms with E-state index in [2.05, 4.69) is 29.7 Å². The number of rotatable bonds is 4. The van der Waals surface area contributed by atoms with Crippen LogP contribution in [-0.2, 0) is 4.79 Å². The van der Waals surface area contributed by atoms with Gasteiger partial charge in [0.1, 0.15) is 6.29 Å². The largest absolute Gasteiger partial charge is 0.306 e. The van der Waals surface area contributed by atoms with Gasteiger partial charge < -0.3 is 15.4 Å². The number of benzene rings is 1. The Kier molecular flexibility index (Phi) is 3.70. The second-order valence-corrected chi connectivity index (χ2v) is 4.31. The molecule has 3 nitrogen and oxygen atoms in total. The Bertz CT molecular complexity index is 339. The molecule has 2 rings (SSSR count). The molecule has 0 aliphatic carbocycles. The highest BCUT2D eigenvalue weighted by Crippen LogP contribution is 2.15. The average molecular weight is 218 g/mol. The van der Waals surface area contributed by atoms with Crippen LogP contribution in [0.15, 0.2) is 30.3 Å². The normalized spacial score (nSPS) is 26.6. The molecule has 86 valence electrons. The highest BCUT2D eigenvalue weighted by Gasteiger charge is 2.27. The molecule has 3 unspecified atom stereocenters. The highest BCUT2D eigenvalue weighted by atomic mass is 16.1. The van der Waals surface area contributed by atoms with Crippen molar-refractivity contribution in [1.82, 2.24) is 10.6 Å². The van der Waals surface area contributed by atoms with Crippen LogP contribution in [0.4, 0.5) is 0 Å². The number of carbonyl (C=O) groups is 1. The molecule has 1 fully saturated rings. The highest BCUT2D eigenvalue weighted by molar-refractivity contribution is 5.59. The summed E-state index contributed by atoms with van der Waals surface area (Å²) in [5.41, 5.74) is 1.26. The maximum atomic E-state index is 10.8. The number of hydrogen-bond donors (Lipinski definition) is 2. The SMILES string of the molecule is CC(NC1CCNC1C=O)c1ccccc1. The smallest absolute Gasteiger partial charge is 0.138 e. The lowest BCUT2D eigenvalue weighted by atomic mass is 10.1. The van der Waals surface area contributed by atoms with Gasteiger partial charge in [0.15, 0.2) is 0 Å². The van der Waals surface area contributed by atoms with Crippen LogP contribution in [0.2, 0.25) is 0 Å². The lowest BCUT2D eigenvalue weighted by Gasteiger charge is -2.22. The fourth-order valence-corrected chi connectivity index (χ4v) is 2.22. The maximum absolute atomic E-state index is 10.8. The van der Waals surface area contributed by atoms with E-state index in [0.717, 1.165) is 19.3 Å². The molecule has 1 aliphatic heterocycles. The number of nitrogens with one attached hydrogen (secondary N) is 2. The molecule has 1 aliphatic rings. The fourth-order valence-electron chi connectivity index (χ4n) is 2.22. The van der Waals surface area contributed by atoms with Crippen LogP contribution < -0.4 is 10.6 Å². The Morgan fingerprint density at radius 3 is 2.88 bits per heavy atom. The maximum Gasteiger partial charge on any atom is 0.138 e. The van der Waals surface area contributed by atoms with Gasteiger partial charge in [-0.25, -0.2) is 0 Å². The molecule has 0 aromatic heterocycles. The second kappa shape index (κ2) is 5.23. The zero-order chi connectivity index (χ0) is 11.4. The van der Waals surface area contributed by atoms with Crippen LogP contribution in [-0.4, -0.2) is 24.9 Å². The van der Waals surface area contributed by atoms with E-state index in [9.17, 15) is 4.79 Å². The monoisotopic (exact) mass is 218 g/mol. The Morgan fingerprint density at radius 2 is 2.19 bits per heavy atom. The minimum atomic E-state index is -0.0360. The predicted molar refractivity (Wildman–Crippen MR) is 64.3 cm³/mol. The minimum Gasteiger partial charge on any atom is -0.306 e. The van der Waals surface area contributed by atoms with Crippen molar-refractivity contribution < 1.29 is 4.79 Å². The van der Waals surface area contributed by atoms with Crippen LogP contribution in [0.3, 0.4) is 0 Å². The molecule has 0 spiro atoms. The van der Waals surface area contributed by atoms with E-state index >= 15 is 0 Å². The van der Waals surface area contributed by atoms with Crippen LogP contribution in [0.25, 0.3) is 0 Å². The van der Waals surface area contributed by atoms with Gasteiger partial charge in [-0.3, -0.25) is 0 Å². The minimum absolute atomic E-state index is 0.0360. The van der Waals surface area contributed by atoms with Gasteiger partial charge in [-0.1, -0.05) is 30.3 Å². The molecule has 1 saturated heterocycles. The first kappa shape index (κ1) is 11.3. The molecule has 2 N–H and O–H groups in total. The molecule has 0 saturated carbocycles.